The summed E-state index contributed by atoms with van der Waals surface area (Å²) >= 11 is 0. The van der Waals surface area contributed by atoms with Crippen LogP contribution in [0.15, 0.2) is 34.9 Å². The van der Waals surface area contributed by atoms with Crippen LogP contribution in [0.3, 0.4) is 0 Å². The first kappa shape index (κ1) is 21.7. The third-order valence-electron chi connectivity index (χ3n) is 6.28. The molecule has 7 heteroatoms. The number of morpholine rings is 1. The van der Waals surface area contributed by atoms with E-state index in [0.717, 1.165) is 50.1 Å². The average molecular weight is 428 g/mol. The first-order valence-corrected chi connectivity index (χ1v) is 11.5. The lowest BCUT2D eigenvalue weighted by Gasteiger charge is -2.26. The number of rotatable bonds is 8. The monoisotopic (exact) mass is 427 g/mol. The van der Waals surface area contributed by atoms with Crippen LogP contribution in [-0.2, 0) is 22.6 Å². The van der Waals surface area contributed by atoms with Crippen molar-refractivity contribution in [3.63, 3.8) is 0 Å². The van der Waals surface area contributed by atoms with Gasteiger partial charge in [0.1, 0.15) is 5.76 Å². The van der Waals surface area contributed by atoms with E-state index in [9.17, 15) is 9.59 Å². The SMILES string of the molecule is CCCN(Cc1cccn1Cc1ccc(C(=O)N2CCOCC2)o1)C(=O)C1CCCC1. The zero-order valence-corrected chi connectivity index (χ0v) is 18.4. The minimum atomic E-state index is -0.0847. The highest BCUT2D eigenvalue weighted by atomic mass is 16.5. The van der Waals surface area contributed by atoms with Crippen LogP contribution in [0.5, 0.6) is 0 Å². The Balaban J connectivity index is 1.41. The van der Waals surface area contributed by atoms with Crippen LogP contribution in [-0.4, -0.2) is 59.0 Å². The number of furan rings is 1. The number of aromatic nitrogens is 1. The van der Waals surface area contributed by atoms with E-state index in [1.165, 1.54) is 0 Å². The Kier molecular flexibility index (Phi) is 7.12. The van der Waals surface area contributed by atoms with Gasteiger partial charge in [0.05, 0.1) is 26.3 Å². The summed E-state index contributed by atoms with van der Waals surface area (Å²) in [5.74, 6) is 1.50. The molecule has 0 bridgehead atoms. The number of ether oxygens (including phenoxy) is 1. The molecule has 2 aliphatic rings. The molecule has 1 aliphatic heterocycles. The molecule has 2 aromatic heterocycles. The predicted octanol–water partition coefficient (Wildman–Crippen LogP) is 3.53. The molecule has 2 amide bonds. The molecule has 0 N–H and O–H groups in total. The summed E-state index contributed by atoms with van der Waals surface area (Å²) in [6.45, 7) is 6.37. The molecule has 3 heterocycles. The van der Waals surface area contributed by atoms with Crippen molar-refractivity contribution in [2.24, 2.45) is 5.92 Å². The number of hydrogen-bond donors (Lipinski definition) is 0. The van der Waals surface area contributed by atoms with Crippen molar-refractivity contribution in [1.82, 2.24) is 14.4 Å². The quantitative estimate of drug-likeness (QED) is 0.646. The highest BCUT2D eigenvalue weighted by Crippen LogP contribution is 2.27. The highest BCUT2D eigenvalue weighted by Gasteiger charge is 2.27. The number of nitrogens with zero attached hydrogens (tertiary/aromatic N) is 3. The van der Waals surface area contributed by atoms with Gasteiger partial charge in [-0.15, -0.1) is 0 Å². The van der Waals surface area contributed by atoms with Crippen LogP contribution in [0, 0.1) is 5.92 Å². The maximum atomic E-state index is 13.0. The van der Waals surface area contributed by atoms with Gasteiger partial charge in [-0.05, 0) is 43.5 Å². The second kappa shape index (κ2) is 10.2. The summed E-state index contributed by atoms with van der Waals surface area (Å²) in [6.07, 6.45) is 7.32. The Morgan fingerprint density at radius 1 is 1.13 bits per heavy atom. The maximum absolute atomic E-state index is 13.0. The minimum absolute atomic E-state index is 0.0847. The second-order valence-electron chi connectivity index (χ2n) is 8.54. The van der Waals surface area contributed by atoms with E-state index in [1.807, 2.05) is 23.2 Å². The zero-order chi connectivity index (χ0) is 21.6. The lowest BCUT2D eigenvalue weighted by molar-refractivity contribution is -0.136. The normalized spacial score (nSPS) is 17.3. The fourth-order valence-electron chi connectivity index (χ4n) is 4.58. The molecule has 0 atom stereocenters. The number of amides is 2. The van der Waals surface area contributed by atoms with Crippen molar-refractivity contribution in [3.8, 4) is 0 Å². The Morgan fingerprint density at radius 3 is 2.65 bits per heavy atom. The molecule has 4 rings (SSSR count). The molecule has 0 spiro atoms. The van der Waals surface area contributed by atoms with Gasteiger partial charge in [-0.3, -0.25) is 9.59 Å². The van der Waals surface area contributed by atoms with Crippen molar-refractivity contribution < 1.29 is 18.7 Å². The van der Waals surface area contributed by atoms with E-state index >= 15 is 0 Å². The van der Waals surface area contributed by atoms with Gasteiger partial charge in [-0.2, -0.15) is 0 Å². The molecule has 168 valence electrons. The summed E-state index contributed by atoms with van der Waals surface area (Å²) in [4.78, 5) is 29.4. The number of carbonyl (C=O) groups excluding carboxylic acids is 2. The summed E-state index contributed by atoms with van der Waals surface area (Å²) < 4.78 is 13.3. The Hall–Kier alpha value is -2.54. The molecular formula is C24H33N3O4. The largest absolute Gasteiger partial charge is 0.454 e. The van der Waals surface area contributed by atoms with Gasteiger partial charge in [0.15, 0.2) is 5.76 Å². The minimum Gasteiger partial charge on any atom is -0.454 e. The van der Waals surface area contributed by atoms with E-state index in [0.29, 0.717) is 51.1 Å². The van der Waals surface area contributed by atoms with Gasteiger partial charge in [0.2, 0.25) is 5.91 Å². The molecule has 31 heavy (non-hydrogen) atoms. The van der Waals surface area contributed by atoms with E-state index in [2.05, 4.69) is 17.6 Å². The maximum Gasteiger partial charge on any atom is 0.289 e. The fraction of sp³-hybridized carbons (Fsp3) is 0.583. The highest BCUT2D eigenvalue weighted by molar-refractivity contribution is 5.91. The van der Waals surface area contributed by atoms with E-state index in [1.54, 1.807) is 11.0 Å². The van der Waals surface area contributed by atoms with Gasteiger partial charge in [0, 0.05) is 37.4 Å². The lowest BCUT2D eigenvalue weighted by atomic mass is 10.1. The molecule has 2 aromatic rings. The Morgan fingerprint density at radius 2 is 1.90 bits per heavy atom. The van der Waals surface area contributed by atoms with E-state index < -0.39 is 0 Å². The van der Waals surface area contributed by atoms with Crippen LogP contribution in [0.4, 0.5) is 0 Å². The summed E-state index contributed by atoms with van der Waals surface area (Å²) in [5.41, 5.74) is 1.08. The topological polar surface area (TPSA) is 67.9 Å². The first-order chi connectivity index (χ1) is 15.2. The second-order valence-corrected chi connectivity index (χ2v) is 8.54. The van der Waals surface area contributed by atoms with Crippen molar-refractivity contribution >= 4 is 11.8 Å². The van der Waals surface area contributed by atoms with Crippen molar-refractivity contribution in [2.45, 2.75) is 52.1 Å². The van der Waals surface area contributed by atoms with Gasteiger partial charge in [0.25, 0.3) is 5.91 Å². The molecule has 1 saturated carbocycles. The predicted molar refractivity (Wildman–Crippen MR) is 117 cm³/mol. The molecule has 1 aliphatic carbocycles. The Bertz CT molecular complexity index is 875. The lowest BCUT2D eigenvalue weighted by Crippen LogP contribution is -2.40. The van der Waals surface area contributed by atoms with Gasteiger partial charge < -0.3 is 23.5 Å². The summed E-state index contributed by atoms with van der Waals surface area (Å²) in [7, 11) is 0. The first-order valence-electron chi connectivity index (χ1n) is 11.5. The smallest absolute Gasteiger partial charge is 0.289 e. The molecule has 1 saturated heterocycles. The zero-order valence-electron chi connectivity index (χ0n) is 18.4. The van der Waals surface area contributed by atoms with Gasteiger partial charge in [-0.1, -0.05) is 19.8 Å². The third kappa shape index (κ3) is 5.21. The fourth-order valence-corrected chi connectivity index (χ4v) is 4.58. The van der Waals surface area contributed by atoms with Crippen LogP contribution < -0.4 is 0 Å². The van der Waals surface area contributed by atoms with Crippen LogP contribution in [0.2, 0.25) is 0 Å². The van der Waals surface area contributed by atoms with E-state index in [-0.39, 0.29) is 11.8 Å². The molecule has 0 unspecified atom stereocenters. The van der Waals surface area contributed by atoms with E-state index in [4.69, 9.17) is 9.15 Å². The molecular weight excluding hydrogens is 394 g/mol. The van der Waals surface area contributed by atoms with Crippen LogP contribution in [0.1, 0.15) is 61.0 Å². The van der Waals surface area contributed by atoms with Crippen LogP contribution in [0.25, 0.3) is 0 Å². The van der Waals surface area contributed by atoms with Gasteiger partial charge in [-0.25, -0.2) is 0 Å². The van der Waals surface area contributed by atoms with Crippen molar-refractivity contribution in [1.29, 1.82) is 0 Å². The third-order valence-corrected chi connectivity index (χ3v) is 6.28. The molecule has 0 radical (unpaired) electrons. The molecule has 0 aromatic carbocycles. The van der Waals surface area contributed by atoms with Crippen molar-refractivity contribution in [2.75, 3.05) is 32.8 Å². The Labute approximate surface area is 183 Å². The van der Waals surface area contributed by atoms with Crippen molar-refractivity contribution in [3.05, 3.63) is 47.7 Å². The number of hydrogen-bond acceptors (Lipinski definition) is 4. The standard InChI is InChI=1S/C24H33N3O4/c1-2-11-27(23(28)19-6-3-4-7-19)17-20-8-5-12-26(20)18-21-9-10-22(31-21)24(29)25-13-15-30-16-14-25/h5,8-10,12,19H,2-4,6-7,11,13-18H2,1H3. The van der Waals surface area contributed by atoms with Crippen LogP contribution >= 0.6 is 0 Å². The molecule has 7 nitrogen and oxygen atoms in total. The summed E-state index contributed by atoms with van der Waals surface area (Å²) in [6, 6.07) is 7.68. The summed E-state index contributed by atoms with van der Waals surface area (Å²) in [5, 5.41) is 0. The number of carbonyl (C=O) groups is 2. The average Bonchev–Trinajstić information content (AvgIpc) is 3.56. The molecule has 2 fully saturated rings. The van der Waals surface area contributed by atoms with Gasteiger partial charge >= 0.3 is 0 Å².